The topological polar surface area (TPSA) is 75.0 Å². The summed E-state index contributed by atoms with van der Waals surface area (Å²) in [7, 11) is 0. The summed E-state index contributed by atoms with van der Waals surface area (Å²) in [5.41, 5.74) is 7.35. The Morgan fingerprint density at radius 2 is 2.11 bits per heavy atom. The average molecular weight is 248 g/mol. The number of aromatic nitrogens is 2. The molecule has 1 saturated heterocycles. The lowest BCUT2D eigenvalue weighted by molar-refractivity contribution is 0.0687. The van der Waals surface area contributed by atoms with Crippen LogP contribution in [0.15, 0.2) is 6.07 Å². The van der Waals surface area contributed by atoms with Crippen molar-refractivity contribution < 1.29 is 4.79 Å². The Balaban J connectivity index is 1.63. The van der Waals surface area contributed by atoms with Gasteiger partial charge in [0.25, 0.3) is 5.91 Å². The lowest BCUT2D eigenvalue weighted by Gasteiger charge is -2.30. The van der Waals surface area contributed by atoms with E-state index >= 15 is 0 Å². The third-order valence-electron chi connectivity index (χ3n) is 4.07. The second-order valence-corrected chi connectivity index (χ2v) is 5.45. The van der Waals surface area contributed by atoms with Crippen molar-refractivity contribution in [2.75, 3.05) is 19.6 Å². The summed E-state index contributed by atoms with van der Waals surface area (Å²) in [4.78, 5) is 14.2. The van der Waals surface area contributed by atoms with E-state index in [1.807, 2.05) is 11.0 Å². The van der Waals surface area contributed by atoms with Crippen LogP contribution in [0.3, 0.4) is 0 Å². The second-order valence-electron chi connectivity index (χ2n) is 5.45. The standard InChI is InChI=1S/C13H20N4O/c14-8-9-3-5-17(6-4-9)13(18)12-7-11(15-16-12)10-1-2-10/h7,9-10H,1-6,8,14H2,(H,15,16). The van der Waals surface area contributed by atoms with E-state index in [9.17, 15) is 4.79 Å². The van der Waals surface area contributed by atoms with Crippen molar-refractivity contribution >= 4 is 5.91 Å². The summed E-state index contributed by atoms with van der Waals surface area (Å²) >= 11 is 0. The van der Waals surface area contributed by atoms with Crippen LogP contribution in [0.2, 0.25) is 0 Å². The van der Waals surface area contributed by atoms with Crippen LogP contribution in [-0.2, 0) is 0 Å². The fraction of sp³-hybridized carbons (Fsp3) is 0.692. The number of nitrogens with one attached hydrogen (secondary N) is 1. The Bertz CT molecular complexity index is 430. The molecule has 1 saturated carbocycles. The first-order valence-electron chi connectivity index (χ1n) is 6.82. The van der Waals surface area contributed by atoms with E-state index in [1.165, 1.54) is 12.8 Å². The summed E-state index contributed by atoms with van der Waals surface area (Å²) in [5.74, 6) is 1.26. The fourth-order valence-corrected chi connectivity index (χ4v) is 2.58. The van der Waals surface area contributed by atoms with Crippen molar-refractivity contribution in [2.24, 2.45) is 11.7 Å². The first-order valence-corrected chi connectivity index (χ1v) is 6.82. The number of nitrogens with two attached hydrogens (primary N) is 1. The first-order chi connectivity index (χ1) is 8.78. The van der Waals surface area contributed by atoms with E-state index < -0.39 is 0 Å². The van der Waals surface area contributed by atoms with Crippen molar-refractivity contribution in [2.45, 2.75) is 31.6 Å². The van der Waals surface area contributed by atoms with Crippen LogP contribution in [0.25, 0.3) is 0 Å². The Morgan fingerprint density at radius 3 is 2.72 bits per heavy atom. The van der Waals surface area contributed by atoms with Crippen LogP contribution in [0.1, 0.15) is 47.8 Å². The molecule has 1 aliphatic carbocycles. The van der Waals surface area contributed by atoms with Crippen LogP contribution >= 0.6 is 0 Å². The molecule has 2 aliphatic rings. The van der Waals surface area contributed by atoms with Crippen molar-refractivity contribution in [1.82, 2.24) is 15.1 Å². The Morgan fingerprint density at radius 1 is 1.39 bits per heavy atom. The molecule has 1 aromatic rings. The highest BCUT2D eigenvalue weighted by atomic mass is 16.2. The van der Waals surface area contributed by atoms with E-state index in [2.05, 4.69) is 10.2 Å². The van der Waals surface area contributed by atoms with Gasteiger partial charge in [-0.25, -0.2) is 0 Å². The van der Waals surface area contributed by atoms with Gasteiger partial charge in [-0.05, 0) is 44.2 Å². The van der Waals surface area contributed by atoms with Gasteiger partial charge in [0.2, 0.25) is 0 Å². The molecule has 0 unspecified atom stereocenters. The summed E-state index contributed by atoms with van der Waals surface area (Å²) in [5, 5.41) is 7.14. The van der Waals surface area contributed by atoms with Crippen molar-refractivity contribution in [3.05, 3.63) is 17.5 Å². The normalized spacial score (nSPS) is 21.3. The van der Waals surface area contributed by atoms with E-state index in [-0.39, 0.29) is 5.91 Å². The summed E-state index contributed by atoms with van der Waals surface area (Å²) < 4.78 is 0. The number of rotatable bonds is 3. The lowest BCUT2D eigenvalue weighted by Crippen LogP contribution is -2.40. The molecule has 3 rings (SSSR count). The third kappa shape index (κ3) is 2.27. The number of piperidine rings is 1. The van der Waals surface area contributed by atoms with Gasteiger partial charge in [0, 0.05) is 24.7 Å². The summed E-state index contributed by atoms with van der Waals surface area (Å²) in [6, 6.07) is 1.93. The predicted molar refractivity (Wildman–Crippen MR) is 68.2 cm³/mol. The SMILES string of the molecule is NCC1CCN(C(=O)c2cc(C3CC3)[nH]n2)CC1. The minimum absolute atomic E-state index is 0.0635. The van der Waals surface area contributed by atoms with Crippen LogP contribution in [0.5, 0.6) is 0 Å². The lowest BCUT2D eigenvalue weighted by atomic mass is 9.97. The highest BCUT2D eigenvalue weighted by molar-refractivity contribution is 5.92. The number of hydrogen-bond donors (Lipinski definition) is 2. The molecule has 0 aromatic carbocycles. The maximum atomic E-state index is 12.3. The molecule has 18 heavy (non-hydrogen) atoms. The number of carbonyl (C=O) groups is 1. The molecule has 98 valence electrons. The van der Waals surface area contributed by atoms with Gasteiger partial charge >= 0.3 is 0 Å². The number of nitrogens with zero attached hydrogens (tertiary/aromatic N) is 2. The molecule has 1 amide bonds. The molecule has 1 aromatic heterocycles. The number of H-pyrrole nitrogens is 1. The van der Waals surface area contributed by atoms with Gasteiger partial charge in [-0.3, -0.25) is 9.89 Å². The number of amides is 1. The number of aromatic amines is 1. The highest BCUT2D eigenvalue weighted by Crippen LogP contribution is 2.39. The van der Waals surface area contributed by atoms with Gasteiger partial charge in [-0.2, -0.15) is 5.10 Å². The Hall–Kier alpha value is -1.36. The zero-order valence-electron chi connectivity index (χ0n) is 10.6. The maximum Gasteiger partial charge on any atom is 0.274 e. The van der Waals surface area contributed by atoms with Crippen LogP contribution in [0.4, 0.5) is 0 Å². The van der Waals surface area contributed by atoms with Gasteiger partial charge in [-0.15, -0.1) is 0 Å². The molecule has 0 spiro atoms. The number of likely N-dealkylation sites (tertiary alicyclic amines) is 1. The molecule has 2 heterocycles. The minimum atomic E-state index is 0.0635. The van der Waals surface area contributed by atoms with Gasteiger partial charge < -0.3 is 10.6 Å². The summed E-state index contributed by atoms with van der Waals surface area (Å²) in [6.07, 6.45) is 4.47. The Kier molecular flexibility index (Phi) is 3.07. The number of hydrogen-bond acceptors (Lipinski definition) is 3. The Labute approximate surface area is 107 Å². The van der Waals surface area contributed by atoms with E-state index in [0.29, 0.717) is 17.5 Å². The van der Waals surface area contributed by atoms with E-state index in [0.717, 1.165) is 38.2 Å². The van der Waals surface area contributed by atoms with Crippen LogP contribution in [-0.4, -0.2) is 40.6 Å². The smallest absolute Gasteiger partial charge is 0.274 e. The molecule has 0 atom stereocenters. The maximum absolute atomic E-state index is 12.3. The third-order valence-corrected chi connectivity index (χ3v) is 4.07. The molecule has 5 nitrogen and oxygen atoms in total. The molecular formula is C13H20N4O. The molecule has 5 heteroatoms. The summed E-state index contributed by atoms with van der Waals surface area (Å²) in [6.45, 7) is 2.36. The zero-order valence-corrected chi connectivity index (χ0v) is 10.6. The zero-order chi connectivity index (χ0) is 12.5. The molecule has 3 N–H and O–H groups in total. The largest absolute Gasteiger partial charge is 0.337 e. The molecule has 0 bridgehead atoms. The van der Waals surface area contributed by atoms with Crippen LogP contribution < -0.4 is 5.73 Å². The molecule has 1 aliphatic heterocycles. The quantitative estimate of drug-likeness (QED) is 0.841. The fourth-order valence-electron chi connectivity index (χ4n) is 2.58. The highest BCUT2D eigenvalue weighted by Gasteiger charge is 2.28. The van der Waals surface area contributed by atoms with E-state index in [1.54, 1.807) is 0 Å². The van der Waals surface area contributed by atoms with Gasteiger partial charge in [0.15, 0.2) is 0 Å². The van der Waals surface area contributed by atoms with E-state index in [4.69, 9.17) is 5.73 Å². The van der Waals surface area contributed by atoms with Gasteiger partial charge in [0.1, 0.15) is 5.69 Å². The first kappa shape index (κ1) is 11.7. The van der Waals surface area contributed by atoms with Gasteiger partial charge in [-0.1, -0.05) is 0 Å². The van der Waals surface area contributed by atoms with Crippen LogP contribution in [0, 0.1) is 5.92 Å². The van der Waals surface area contributed by atoms with Gasteiger partial charge in [0.05, 0.1) is 0 Å². The molecule has 0 radical (unpaired) electrons. The average Bonchev–Trinajstić information content (AvgIpc) is 3.16. The number of carbonyl (C=O) groups excluding carboxylic acids is 1. The minimum Gasteiger partial charge on any atom is -0.337 e. The van der Waals surface area contributed by atoms with Crippen molar-refractivity contribution in [3.63, 3.8) is 0 Å². The predicted octanol–water partition coefficient (Wildman–Crippen LogP) is 1.10. The second kappa shape index (κ2) is 4.72. The van der Waals surface area contributed by atoms with Crippen molar-refractivity contribution in [1.29, 1.82) is 0 Å². The molecule has 2 fully saturated rings. The van der Waals surface area contributed by atoms with Crippen molar-refractivity contribution in [3.8, 4) is 0 Å². The molecular weight excluding hydrogens is 228 g/mol. The monoisotopic (exact) mass is 248 g/mol.